The molecule has 0 saturated heterocycles. The molecule has 0 fully saturated rings. The molecule has 0 saturated carbocycles. The van der Waals surface area contributed by atoms with E-state index >= 15 is 0 Å². The van der Waals surface area contributed by atoms with E-state index in [9.17, 15) is 0 Å². The molecule has 0 spiro atoms. The molecule has 0 bridgehead atoms. The van der Waals surface area contributed by atoms with Crippen molar-refractivity contribution in [3.63, 3.8) is 0 Å². The topological polar surface area (TPSA) is 26.2 Å². The molecule has 1 aromatic carbocycles. The van der Waals surface area contributed by atoms with Gasteiger partial charge in [-0.2, -0.15) is 0 Å². The van der Waals surface area contributed by atoms with Crippen LogP contribution in [0.2, 0.25) is 0 Å². The first-order chi connectivity index (χ1) is 9.22. The molecule has 0 amide bonds. The molecule has 19 heavy (non-hydrogen) atoms. The highest BCUT2D eigenvalue weighted by atomic mass is 16.5. The van der Waals surface area contributed by atoms with Crippen molar-refractivity contribution < 1.29 is 4.74 Å². The summed E-state index contributed by atoms with van der Waals surface area (Å²) in [5, 5.41) is 0. The van der Waals surface area contributed by atoms with Crippen molar-refractivity contribution in [3.8, 4) is 5.75 Å². The van der Waals surface area contributed by atoms with E-state index in [-0.39, 0.29) is 0 Å². The number of hydrogen-bond acceptors (Lipinski definition) is 2. The number of nitrogens with one attached hydrogen (secondary N) is 1. The molecule has 0 atom stereocenters. The van der Waals surface area contributed by atoms with Gasteiger partial charge in [0.1, 0.15) is 12.4 Å². The van der Waals surface area contributed by atoms with Crippen molar-refractivity contribution in [2.24, 2.45) is 0 Å². The molecule has 1 heterocycles. The van der Waals surface area contributed by atoms with Crippen LogP contribution in [0.1, 0.15) is 17.0 Å². The predicted molar refractivity (Wildman–Crippen MR) is 79.1 cm³/mol. The van der Waals surface area contributed by atoms with Crippen LogP contribution in [0.25, 0.3) is 0 Å². The van der Waals surface area contributed by atoms with Gasteiger partial charge in [0.25, 0.3) is 0 Å². The second-order valence-corrected chi connectivity index (χ2v) is 4.49. The van der Waals surface area contributed by atoms with Gasteiger partial charge in [0, 0.05) is 17.0 Å². The van der Waals surface area contributed by atoms with Gasteiger partial charge in [-0.1, -0.05) is 30.9 Å². The first-order valence-corrected chi connectivity index (χ1v) is 6.43. The fraction of sp³-hybridized carbons (Fsp3) is 0.250. The quantitative estimate of drug-likeness (QED) is 0.802. The summed E-state index contributed by atoms with van der Waals surface area (Å²) >= 11 is 0. The summed E-state index contributed by atoms with van der Waals surface area (Å²) < 4.78 is 7.74. The number of aromatic nitrogens is 1. The van der Waals surface area contributed by atoms with E-state index in [0.717, 1.165) is 17.9 Å². The van der Waals surface area contributed by atoms with Gasteiger partial charge in [0.2, 0.25) is 0 Å². The van der Waals surface area contributed by atoms with Crippen LogP contribution in [0.4, 0.5) is 0 Å². The molecule has 3 heteroatoms. The van der Waals surface area contributed by atoms with Crippen molar-refractivity contribution >= 4 is 0 Å². The van der Waals surface area contributed by atoms with Gasteiger partial charge in [-0.25, -0.2) is 0 Å². The largest absolute Gasteiger partial charge is 0.489 e. The second-order valence-electron chi connectivity index (χ2n) is 4.49. The third kappa shape index (κ3) is 3.19. The average Bonchev–Trinajstić information content (AvgIpc) is 2.74. The summed E-state index contributed by atoms with van der Waals surface area (Å²) in [4.78, 5) is 0. The molecule has 2 aromatic rings. The zero-order chi connectivity index (χ0) is 13.7. The summed E-state index contributed by atoms with van der Waals surface area (Å²) in [5.74, 6) is 0.900. The minimum atomic E-state index is 0.526. The number of hydrogen-bond donors (Lipinski definition) is 1. The van der Waals surface area contributed by atoms with Gasteiger partial charge < -0.3 is 10.2 Å². The molecule has 1 aromatic heterocycles. The summed E-state index contributed by atoms with van der Waals surface area (Å²) in [6.45, 7) is 9.09. The number of aryl methyl sites for hydroxylation is 2. The van der Waals surface area contributed by atoms with Crippen molar-refractivity contribution in [2.75, 3.05) is 12.0 Å². The summed E-state index contributed by atoms with van der Waals surface area (Å²) in [6.07, 6.45) is 1.75. The maximum absolute atomic E-state index is 5.65. The lowest BCUT2D eigenvalue weighted by molar-refractivity contribution is 0.359. The Kier molecular flexibility index (Phi) is 4.29. The van der Waals surface area contributed by atoms with Gasteiger partial charge >= 0.3 is 0 Å². The van der Waals surface area contributed by atoms with Crippen LogP contribution >= 0.6 is 0 Å². The highest BCUT2D eigenvalue weighted by molar-refractivity contribution is 5.34. The smallest absolute Gasteiger partial charge is 0.124 e. The van der Waals surface area contributed by atoms with E-state index in [2.05, 4.69) is 48.7 Å². The molecular weight excluding hydrogens is 236 g/mol. The van der Waals surface area contributed by atoms with Crippen molar-refractivity contribution in [3.05, 3.63) is 66.0 Å². The lowest BCUT2D eigenvalue weighted by Gasteiger charge is -2.15. The number of nitrogens with zero attached hydrogens (tertiary/aromatic N) is 1. The Morgan fingerprint density at radius 1 is 1.16 bits per heavy atom. The Morgan fingerprint density at radius 3 is 2.53 bits per heavy atom. The predicted octanol–water partition coefficient (Wildman–Crippen LogP) is 3.41. The van der Waals surface area contributed by atoms with Crippen LogP contribution in [0.3, 0.4) is 0 Å². The van der Waals surface area contributed by atoms with Crippen molar-refractivity contribution in [2.45, 2.75) is 20.4 Å². The van der Waals surface area contributed by atoms with E-state index in [4.69, 9.17) is 4.74 Å². The number of para-hydroxylation sites is 1. The molecule has 0 unspecified atom stereocenters. The summed E-state index contributed by atoms with van der Waals surface area (Å²) in [6, 6.07) is 12.3. The monoisotopic (exact) mass is 256 g/mol. The lowest BCUT2D eigenvalue weighted by atomic mass is 10.2. The zero-order valence-electron chi connectivity index (χ0n) is 11.5. The first kappa shape index (κ1) is 13.3. The Labute approximate surface area is 114 Å². The van der Waals surface area contributed by atoms with Gasteiger partial charge in [0.15, 0.2) is 0 Å². The molecule has 0 aliphatic rings. The fourth-order valence-electron chi connectivity index (χ4n) is 2.02. The molecule has 100 valence electrons. The molecule has 0 aliphatic heterocycles. The lowest BCUT2D eigenvalue weighted by Crippen LogP contribution is -2.17. The molecule has 0 radical (unpaired) electrons. The number of ether oxygens (including phenoxy) is 1. The molecule has 2 rings (SSSR count). The maximum atomic E-state index is 5.65. The maximum Gasteiger partial charge on any atom is 0.124 e. The van der Waals surface area contributed by atoms with Gasteiger partial charge in [-0.3, -0.25) is 4.68 Å². The highest BCUT2D eigenvalue weighted by Crippen LogP contribution is 2.18. The Hall–Kier alpha value is -2.16. The average molecular weight is 256 g/mol. The Bertz CT molecular complexity index is 538. The van der Waals surface area contributed by atoms with Crippen LogP contribution in [0.15, 0.2) is 49.1 Å². The van der Waals surface area contributed by atoms with Crippen LogP contribution in [-0.2, 0) is 6.54 Å². The zero-order valence-corrected chi connectivity index (χ0v) is 11.5. The summed E-state index contributed by atoms with van der Waals surface area (Å²) in [5.41, 5.74) is 6.93. The van der Waals surface area contributed by atoms with E-state index < -0.39 is 0 Å². The second kappa shape index (κ2) is 6.14. The SMILES string of the molecule is C=CCOc1ccccc1CNn1c(C)ccc1C. The number of rotatable bonds is 6. The van der Waals surface area contributed by atoms with Gasteiger partial charge in [-0.05, 0) is 32.0 Å². The highest BCUT2D eigenvalue weighted by Gasteiger charge is 2.04. The fourth-order valence-corrected chi connectivity index (χ4v) is 2.02. The Morgan fingerprint density at radius 2 is 1.84 bits per heavy atom. The van der Waals surface area contributed by atoms with Crippen molar-refractivity contribution in [1.29, 1.82) is 0 Å². The van der Waals surface area contributed by atoms with E-state index in [1.807, 2.05) is 18.2 Å². The summed E-state index contributed by atoms with van der Waals surface area (Å²) in [7, 11) is 0. The van der Waals surface area contributed by atoms with Gasteiger partial charge in [0.05, 0.1) is 6.54 Å². The first-order valence-electron chi connectivity index (χ1n) is 6.43. The van der Waals surface area contributed by atoms with Crippen LogP contribution in [0.5, 0.6) is 5.75 Å². The van der Waals surface area contributed by atoms with Crippen LogP contribution < -0.4 is 10.2 Å². The minimum absolute atomic E-state index is 0.526. The normalized spacial score (nSPS) is 10.2. The molecule has 0 aliphatic carbocycles. The molecular formula is C16H20N2O. The third-order valence-corrected chi connectivity index (χ3v) is 3.03. The third-order valence-electron chi connectivity index (χ3n) is 3.03. The van der Waals surface area contributed by atoms with Crippen LogP contribution in [0, 0.1) is 13.8 Å². The van der Waals surface area contributed by atoms with E-state index in [0.29, 0.717) is 6.61 Å². The number of benzene rings is 1. The van der Waals surface area contributed by atoms with Crippen LogP contribution in [-0.4, -0.2) is 11.3 Å². The molecule has 1 N–H and O–H groups in total. The van der Waals surface area contributed by atoms with E-state index in [1.54, 1.807) is 6.08 Å². The molecule has 3 nitrogen and oxygen atoms in total. The Balaban J connectivity index is 2.09. The van der Waals surface area contributed by atoms with Crippen molar-refractivity contribution in [1.82, 2.24) is 4.68 Å². The minimum Gasteiger partial charge on any atom is -0.489 e. The standard InChI is InChI=1S/C16H20N2O/c1-4-11-19-16-8-6-5-7-15(16)12-17-18-13(2)9-10-14(18)3/h4-10,17H,1,11-12H2,2-3H3. The van der Waals surface area contributed by atoms with Gasteiger partial charge in [-0.15, -0.1) is 0 Å². The van der Waals surface area contributed by atoms with E-state index in [1.165, 1.54) is 11.4 Å².